The van der Waals surface area contributed by atoms with Gasteiger partial charge in [-0.25, -0.2) is 0 Å². The Bertz CT molecular complexity index is 317. The van der Waals surface area contributed by atoms with Crippen molar-refractivity contribution in [3.63, 3.8) is 0 Å². The minimum atomic E-state index is -0.611. The number of hydrogen-bond acceptors (Lipinski definition) is 2. The van der Waals surface area contributed by atoms with Crippen molar-refractivity contribution in [1.82, 2.24) is 10.6 Å². The van der Waals surface area contributed by atoms with E-state index in [0.717, 1.165) is 31.4 Å². The Morgan fingerprint density at radius 3 is 2.33 bits per heavy atom. The predicted octanol–water partition coefficient (Wildman–Crippen LogP) is 2.50. The lowest BCUT2D eigenvalue weighted by Crippen LogP contribution is -2.40. The number of amides is 1. The van der Waals surface area contributed by atoms with Crippen LogP contribution in [0.15, 0.2) is 4.99 Å². The van der Waals surface area contributed by atoms with E-state index in [1.54, 1.807) is 0 Å². The third-order valence-electron chi connectivity index (χ3n) is 3.14. The number of carbonyl (C=O) groups is 1. The molecule has 0 aromatic rings. The number of nitrogens with two attached hydrogens (primary N) is 1. The van der Waals surface area contributed by atoms with Crippen molar-refractivity contribution in [2.75, 3.05) is 19.6 Å². The van der Waals surface area contributed by atoms with Crippen LogP contribution in [-0.2, 0) is 4.79 Å². The first-order valence-electron chi connectivity index (χ1n) is 7.61. The zero-order valence-electron chi connectivity index (χ0n) is 14.2. The van der Waals surface area contributed by atoms with E-state index in [9.17, 15) is 4.79 Å². The Morgan fingerprint density at radius 2 is 1.86 bits per heavy atom. The maximum absolute atomic E-state index is 11.3. The maximum atomic E-state index is 11.3. The fraction of sp³-hybridized carbons (Fsp3) is 0.867. The van der Waals surface area contributed by atoms with Gasteiger partial charge in [-0.15, -0.1) is 24.0 Å². The highest BCUT2D eigenvalue weighted by Gasteiger charge is 2.24. The Kier molecular flexibility index (Phi) is 13.1. The Hall–Kier alpha value is -0.530. The lowest BCUT2D eigenvalue weighted by molar-refractivity contribution is -0.125. The van der Waals surface area contributed by atoms with Crippen molar-refractivity contribution in [3.05, 3.63) is 0 Å². The number of guanidine groups is 1. The lowest BCUT2D eigenvalue weighted by Gasteiger charge is -2.19. The van der Waals surface area contributed by atoms with Gasteiger partial charge in [-0.1, -0.05) is 26.7 Å². The monoisotopic (exact) mass is 412 g/mol. The largest absolute Gasteiger partial charge is 0.369 e. The normalized spacial score (nSPS) is 12.0. The first kappa shape index (κ1) is 22.7. The summed E-state index contributed by atoms with van der Waals surface area (Å²) in [5, 5.41) is 6.47. The maximum Gasteiger partial charge on any atom is 0.224 e. The average molecular weight is 412 g/mol. The van der Waals surface area contributed by atoms with Gasteiger partial charge in [-0.3, -0.25) is 9.79 Å². The molecule has 0 unspecified atom stereocenters. The summed E-state index contributed by atoms with van der Waals surface area (Å²) in [5.74, 6) is 1.19. The van der Waals surface area contributed by atoms with Crippen LogP contribution in [0.3, 0.4) is 0 Å². The SMILES string of the molecule is CCNC(=NCC(C)(C)C(N)=O)NCCCCC(C)C.I. The second-order valence-electron chi connectivity index (χ2n) is 6.26. The highest BCUT2D eigenvalue weighted by molar-refractivity contribution is 14.0. The first-order valence-corrected chi connectivity index (χ1v) is 7.61. The Labute approximate surface area is 146 Å². The van der Waals surface area contributed by atoms with E-state index >= 15 is 0 Å². The van der Waals surface area contributed by atoms with Gasteiger partial charge in [0.25, 0.3) is 0 Å². The van der Waals surface area contributed by atoms with Crippen LogP contribution in [0.25, 0.3) is 0 Å². The number of halogens is 1. The zero-order valence-corrected chi connectivity index (χ0v) is 16.5. The van der Waals surface area contributed by atoms with Crippen LogP contribution in [0.2, 0.25) is 0 Å². The van der Waals surface area contributed by atoms with Crippen LogP contribution >= 0.6 is 24.0 Å². The molecule has 0 aliphatic heterocycles. The molecule has 126 valence electrons. The summed E-state index contributed by atoms with van der Waals surface area (Å²) in [6, 6.07) is 0. The molecule has 4 N–H and O–H groups in total. The van der Waals surface area contributed by atoms with E-state index in [4.69, 9.17) is 5.73 Å². The highest BCUT2D eigenvalue weighted by Crippen LogP contribution is 2.13. The molecule has 21 heavy (non-hydrogen) atoms. The van der Waals surface area contributed by atoms with E-state index in [2.05, 4.69) is 29.5 Å². The average Bonchev–Trinajstić information content (AvgIpc) is 2.34. The number of nitrogens with zero attached hydrogens (tertiary/aromatic N) is 1. The van der Waals surface area contributed by atoms with Gasteiger partial charge in [0.05, 0.1) is 12.0 Å². The summed E-state index contributed by atoms with van der Waals surface area (Å²) in [6.07, 6.45) is 3.60. The molecule has 0 aromatic heterocycles. The smallest absolute Gasteiger partial charge is 0.224 e. The highest BCUT2D eigenvalue weighted by atomic mass is 127. The zero-order chi connectivity index (χ0) is 15.6. The number of carbonyl (C=O) groups excluding carboxylic acids is 1. The molecule has 0 heterocycles. The standard InChI is InChI=1S/C15H32N4O.HI/c1-6-17-14(18-10-8-7-9-12(2)3)19-11-15(4,5)13(16)20;/h12H,6-11H2,1-5H3,(H2,16,20)(H2,17,18,19);1H. The molecule has 6 heteroatoms. The molecule has 0 rings (SSSR count). The summed E-state index contributed by atoms with van der Waals surface area (Å²) >= 11 is 0. The number of unbranched alkanes of at least 4 members (excludes halogenated alkanes) is 1. The number of nitrogens with one attached hydrogen (secondary N) is 2. The molecule has 0 aliphatic rings. The topological polar surface area (TPSA) is 79.5 Å². The first-order chi connectivity index (χ1) is 9.29. The van der Waals surface area contributed by atoms with Gasteiger partial charge in [0.2, 0.25) is 5.91 Å². The van der Waals surface area contributed by atoms with Gasteiger partial charge in [0, 0.05) is 13.1 Å². The van der Waals surface area contributed by atoms with Crippen molar-refractivity contribution in [3.8, 4) is 0 Å². The molecular weight excluding hydrogens is 379 g/mol. The van der Waals surface area contributed by atoms with Crippen LogP contribution in [-0.4, -0.2) is 31.5 Å². The summed E-state index contributed by atoms with van der Waals surface area (Å²) in [7, 11) is 0. The third-order valence-corrected chi connectivity index (χ3v) is 3.14. The van der Waals surface area contributed by atoms with Crippen LogP contribution in [0.4, 0.5) is 0 Å². The lowest BCUT2D eigenvalue weighted by atomic mass is 9.93. The van der Waals surface area contributed by atoms with Crippen molar-refractivity contribution >= 4 is 35.8 Å². The Morgan fingerprint density at radius 1 is 1.24 bits per heavy atom. The predicted molar refractivity (Wildman–Crippen MR) is 101 cm³/mol. The molecule has 0 atom stereocenters. The van der Waals surface area contributed by atoms with E-state index in [1.807, 2.05) is 20.8 Å². The summed E-state index contributed by atoms with van der Waals surface area (Å²) in [4.78, 5) is 15.7. The number of primary amides is 1. The second-order valence-corrected chi connectivity index (χ2v) is 6.26. The Balaban J connectivity index is 0. The minimum absolute atomic E-state index is 0. The summed E-state index contributed by atoms with van der Waals surface area (Å²) < 4.78 is 0. The molecule has 5 nitrogen and oxygen atoms in total. The van der Waals surface area contributed by atoms with Crippen LogP contribution < -0.4 is 16.4 Å². The molecule has 0 fully saturated rings. The van der Waals surface area contributed by atoms with E-state index in [1.165, 1.54) is 12.8 Å². The minimum Gasteiger partial charge on any atom is -0.369 e. The van der Waals surface area contributed by atoms with Gasteiger partial charge >= 0.3 is 0 Å². The number of rotatable bonds is 9. The van der Waals surface area contributed by atoms with Crippen LogP contribution in [0.5, 0.6) is 0 Å². The second kappa shape index (κ2) is 12.1. The van der Waals surface area contributed by atoms with Crippen LogP contribution in [0, 0.1) is 11.3 Å². The van der Waals surface area contributed by atoms with Gasteiger partial charge < -0.3 is 16.4 Å². The molecule has 0 aromatic carbocycles. The van der Waals surface area contributed by atoms with Crippen molar-refractivity contribution in [1.29, 1.82) is 0 Å². The third kappa shape index (κ3) is 11.8. The fourth-order valence-corrected chi connectivity index (χ4v) is 1.58. The molecular formula is C15H33IN4O. The molecule has 1 amide bonds. The number of hydrogen-bond donors (Lipinski definition) is 3. The molecule has 0 aliphatic carbocycles. The molecule has 0 bridgehead atoms. The fourth-order valence-electron chi connectivity index (χ4n) is 1.58. The van der Waals surface area contributed by atoms with Gasteiger partial charge in [0.15, 0.2) is 5.96 Å². The van der Waals surface area contributed by atoms with Gasteiger partial charge in [-0.2, -0.15) is 0 Å². The van der Waals surface area contributed by atoms with E-state index in [0.29, 0.717) is 6.54 Å². The van der Waals surface area contributed by atoms with Gasteiger partial charge in [-0.05, 0) is 33.1 Å². The van der Waals surface area contributed by atoms with Crippen molar-refractivity contribution < 1.29 is 4.79 Å². The van der Waals surface area contributed by atoms with E-state index < -0.39 is 5.41 Å². The molecule has 0 saturated heterocycles. The molecule has 0 spiro atoms. The number of aliphatic imine (C=N–C) groups is 1. The summed E-state index contributed by atoms with van der Waals surface area (Å²) in [6.45, 7) is 12.2. The quantitative estimate of drug-likeness (QED) is 0.236. The molecule has 0 saturated carbocycles. The van der Waals surface area contributed by atoms with Crippen molar-refractivity contribution in [2.24, 2.45) is 22.1 Å². The van der Waals surface area contributed by atoms with Gasteiger partial charge in [0.1, 0.15) is 0 Å². The summed E-state index contributed by atoms with van der Waals surface area (Å²) in [5.41, 5.74) is 4.74. The van der Waals surface area contributed by atoms with Crippen molar-refractivity contribution in [2.45, 2.75) is 53.9 Å². The van der Waals surface area contributed by atoms with E-state index in [-0.39, 0.29) is 29.9 Å². The van der Waals surface area contributed by atoms with Crippen LogP contribution in [0.1, 0.15) is 53.9 Å². The molecule has 0 radical (unpaired) electrons.